The summed E-state index contributed by atoms with van der Waals surface area (Å²) in [6, 6.07) is 18.0. The van der Waals surface area contributed by atoms with Crippen LogP contribution in [-0.4, -0.2) is 37.4 Å². The number of hydrogen-bond acceptors (Lipinski definition) is 3. The molecule has 1 unspecified atom stereocenters. The molecule has 0 aliphatic heterocycles. The van der Waals surface area contributed by atoms with Crippen molar-refractivity contribution in [2.75, 3.05) is 26.3 Å². The minimum atomic E-state index is 0.0290. The van der Waals surface area contributed by atoms with Gasteiger partial charge in [0.25, 0.3) is 0 Å². The van der Waals surface area contributed by atoms with Gasteiger partial charge in [-0.1, -0.05) is 42.5 Å². The summed E-state index contributed by atoms with van der Waals surface area (Å²) in [6.07, 6.45) is 0. The van der Waals surface area contributed by atoms with Gasteiger partial charge in [0.1, 0.15) is 5.75 Å². The van der Waals surface area contributed by atoms with Crippen molar-refractivity contribution in [3.63, 3.8) is 0 Å². The summed E-state index contributed by atoms with van der Waals surface area (Å²) in [5, 5.41) is 16.3. The Hall–Kier alpha value is -2.53. The van der Waals surface area contributed by atoms with Crippen molar-refractivity contribution in [2.45, 2.75) is 26.3 Å². The standard InChI is InChI=1S/C21H29N3O2/c1-3-22-21(23-14-17-9-8-12-20(13-17)26-4-2)24-15-19(16-25)18-10-6-5-7-11-18/h5-13,19,25H,3-4,14-16H2,1-2H3,(H2,22,23,24). The van der Waals surface area contributed by atoms with Crippen LogP contribution in [0.25, 0.3) is 0 Å². The van der Waals surface area contributed by atoms with E-state index in [0.717, 1.165) is 29.4 Å². The monoisotopic (exact) mass is 355 g/mol. The SMILES string of the molecule is CCNC(=NCc1cccc(OCC)c1)NCC(CO)c1ccccc1. The van der Waals surface area contributed by atoms with Crippen molar-refractivity contribution < 1.29 is 9.84 Å². The highest BCUT2D eigenvalue weighted by molar-refractivity contribution is 5.79. The van der Waals surface area contributed by atoms with E-state index >= 15 is 0 Å². The Labute approximate surface area is 156 Å². The van der Waals surface area contributed by atoms with Gasteiger partial charge in [-0.3, -0.25) is 0 Å². The first kappa shape index (κ1) is 19.8. The highest BCUT2D eigenvalue weighted by atomic mass is 16.5. The summed E-state index contributed by atoms with van der Waals surface area (Å²) in [4.78, 5) is 4.64. The molecule has 0 saturated carbocycles. The van der Waals surface area contributed by atoms with Gasteiger partial charge in [0.15, 0.2) is 5.96 Å². The predicted octanol–water partition coefficient (Wildman–Crippen LogP) is 2.92. The Balaban J connectivity index is 1.98. The number of rotatable bonds is 9. The average Bonchev–Trinajstić information content (AvgIpc) is 2.68. The number of aliphatic hydroxyl groups is 1. The van der Waals surface area contributed by atoms with Crippen LogP contribution >= 0.6 is 0 Å². The third-order valence-corrected chi connectivity index (χ3v) is 3.98. The maximum Gasteiger partial charge on any atom is 0.191 e. The van der Waals surface area contributed by atoms with Crippen molar-refractivity contribution in [3.8, 4) is 5.75 Å². The molecule has 3 N–H and O–H groups in total. The largest absolute Gasteiger partial charge is 0.494 e. The zero-order valence-corrected chi connectivity index (χ0v) is 15.6. The third kappa shape index (κ3) is 6.41. The van der Waals surface area contributed by atoms with E-state index in [-0.39, 0.29) is 12.5 Å². The van der Waals surface area contributed by atoms with Crippen molar-refractivity contribution in [1.29, 1.82) is 0 Å². The molecule has 26 heavy (non-hydrogen) atoms. The minimum Gasteiger partial charge on any atom is -0.494 e. The molecule has 140 valence electrons. The van der Waals surface area contributed by atoms with E-state index in [2.05, 4.69) is 15.6 Å². The number of aliphatic hydroxyl groups excluding tert-OH is 1. The number of hydrogen-bond donors (Lipinski definition) is 3. The lowest BCUT2D eigenvalue weighted by Crippen LogP contribution is -2.39. The fourth-order valence-corrected chi connectivity index (χ4v) is 2.65. The predicted molar refractivity (Wildman–Crippen MR) is 107 cm³/mol. The summed E-state index contributed by atoms with van der Waals surface area (Å²) >= 11 is 0. The van der Waals surface area contributed by atoms with Crippen molar-refractivity contribution in [2.24, 2.45) is 4.99 Å². The van der Waals surface area contributed by atoms with Gasteiger partial charge in [-0.2, -0.15) is 0 Å². The average molecular weight is 355 g/mol. The van der Waals surface area contributed by atoms with Crippen LogP contribution in [0, 0.1) is 0 Å². The topological polar surface area (TPSA) is 65.9 Å². The lowest BCUT2D eigenvalue weighted by atomic mass is 10.0. The number of nitrogens with one attached hydrogen (secondary N) is 2. The van der Waals surface area contributed by atoms with E-state index in [0.29, 0.717) is 19.7 Å². The van der Waals surface area contributed by atoms with Crippen molar-refractivity contribution in [1.82, 2.24) is 10.6 Å². The van der Waals surface area contributed by atoms with Crippen LogP contribution in [-0.2, 0) is 6.54 Å². The molecular formula is C21H29N3O2. The molecule has 0 saturated heterocycles. The van der Waals surface area contributed by atoms with Gasteiger partial charge in [0.05, 0.1) is 19.8 Å². The summed E-state index contributed by atoms with van der Waals surface area (Å²) in [5.41, 5.74) is 2.21. The fourth-order valence-electron chi connectivity index (χ4n) is 2.65. The highest BCUT2D eigenvalue weighted by Gasteiger charge is 2.10. The van der Waals surface area contributed by atoms with E-state index < -0.39 is 0 Å². The van der Waals surface area contributed by atoms with Crippen LogP contribution in [0.2, 0.25) is 0 Å². The van der Waals surface area contributed by atoms with E-state index in [9.17, 15) is 5.11 Å². The van der Waals surface area contributed by atoms with Gasteiger partial charge in [-0.05, 0) is 37.1 Å². The Kier molecular flexibility index (Phi) is 8.49. The molecule has 0 amide bonds. The first-order valence-electron chi connectivity index (χ1n) is 9.16. The molecule has 2 aromatic carbocycles. The molecule has 2 rings (SSSR count). The second-order valence-corrected chi connectivity index (χ2v) is 5.95. The number of aliphatic imine (C=N–C) groups is 1. The van der Waals surface area contributed by atoms with Gasteiger partial charge in [-0.15, -0.1) is 0 Å². The van der Waals surface area contributed by atoms with Crippen LogP contribution in [0.4, 0.5) is 0 Å². The van der Waals surface area contributed by atoms with Gasteiger partial charge in [0.2, 0.25) is 0 Å². The molecular weight excluding hydrogens is 326 g/mol. The number of nitrogens with zero attached hydrogens (tertiary/aromatic N) is 1. The molecule has 1 atom stereocenters. The van der Waals surface area contributed by atoms with E-state index in [1.165, 1.54) is 0 Å². The van der Waals surface area contributed by atoms with E-state index in [1.54, 1.807) is 0 Å². The minimum absolute atomic E-state index is 0.0290. The molecule has 0 spiro atoms. The molecule has 0 aliphatic rings. The van der Waals surface area contributed by atoms with Crippen LogP contribution in [0.3, 0.4) is 0 Å². The summed E-state index contributed by atoms with van der Waals surface area (Å²) in [6.45, 7) is 6.71. The summed E-state index contributed by atoms with van der Waals surface area (Å²) < 4.78 is 5.54. The van der Waals surface area contributed by atoms with Crippen LogP contribution < -0.4 is 15.4 Å². The zero-order chi connectivity index (χ0) is 18.6. The van der Waals surface area contributed by atoms with Crippen molar-refractivity contribution in [3.05, 3.63) is 65.7 Å². The van der Waals surface area contributed by atoms with E-state index in [4.69, 9.17) is 4.74 Å². The molecule has 0 aliphatic carbocycles. The maximum absolute atomic E-state index is 9.70. The van der Waals surface area contributed by atoms with Crippen LogP contribution in [0.15, 0.2) is 59.6 Å². The number of guanidine groups is 1. The molecule has 0 fully saturated rings. The molecule has 5 heteroatoms. The van der Waals surface area contributed by atoms with Gasteiger partial charge < -0.3 is 20.5 Å². The molecule has 0 heterocycles. The second kappa shape index (κ2) is 11.2. The molecule has 0 radical (unpaired) electrons. The van der Waals surface area contributed by atoms with E-state index in [1.807, 2.05) is 68.4 Å². The quantitative estimate of drug-likeness (QED) is 0.478. The Bertz CT molecular complexity index is 674. The third-order valence-electron chi connectivity index (χ3n) is 3.98. The van der Waals surface area contributed by atoms with Gasteiger partial charge in [-0.25, -0.2) is 4.99 Å². The Morgan fingerprint density at radius 2 is 1.88 bits per heavy atom. The summed E-state index contributed by atoms with van der Waals surface area (Å²) in [7, 11) is 0. The molecule has 0 bridgehead atoms. The smallest absolute Gasteiger partial charge is 0.191 e. The molecule has 2 aromatic rings. The second-order valence-electron chi connectivity index (χ2n) is 5.95. The van der Waals surface area contributed by atoms with Crippen LogP contribution in [0.5, 0.6) is 5.75 Å². The van der Waals surface area contributed by atoms with Crippen molar-refractivity contribution >= 4 is 5.96 Å². The zero-order valence-electron chi connectivity index (χ0n) is 15.6. The van der Waals surface area contributed by atoms with Crippen LogP contribution in [0.1, 0.15) is 30.9 Å². The Morgan fingerprint density at radius 1 is 1.08 bits per heavy atom. The Morgan fingerprint density at radius 3 is 2.58 bits per heavy atom. The maximum atomic E-state index is 9.70. The lowest BCUT2D eigenvalue weighted by molar-refractivity contribution is 0.265. The highest BCUT2D eigenvalue weighted by Crippen LogP contribution is 2.15. The summed E-state index contributed by atoms with van der Waals surface area (Å²) in [5.74, 6) is 1.63. The molecule has 0 aromatic heterocycles. The molecule has 5 nitrogen and oxygen atoms in total. The normalized spacial score (nSPS) is 12.5. The fraction of sp³-hybridized carbons (Fsp3) is 0.381. The lowest BCUT2D eigenvalue weighted by Gasteiger charge is -2.18. The first-order chi connectivity index (χ1) is 12.8. The first-order valence-corrected chi connectivity index (χ1v) is 9.16. The van der Waals surface area contributed by atoms with Gasteiger partial charge in [0, 0.05) is 19.0 Å². The van der Waals surface area contributed by atoms with Gasteiger partial charge >= 0.3 is 0 Å². The number of ether oxygens (including phenoxy) is 1. The number of benzene rings is 2.